The van der Waals surface area contributed by atoms with Gasteiger partial charge < -0.3 is 14.8 Å². The molecule has 1 amide bonds. The van der Waals surface area contributed by atoms with Crippen LogP contribution in [0.5, 0.6) is 17.5 Å². The van der Waals surface area contributed by atoms with Gasteiger partial charge in [0.1, 0.15) is 11.5 Å². The molecule has 1 heterocycles. The molecular formula is C25H27N3O3. The molecule has 31 heavy (non-hydrogen) atoms. The van der Waals surface area contributed by atoms with Crippen LogP contribution in [-0.2, 0) is 0 Å². The fourth-order valence-electron chi connectivity index (χ4n) is 3.82. The maximum Gasteiger partial charge on any atom is 0.321 e. The van der Waals surface area contributed by atoms with Crippen molar-refractivity contribution in [1.82, 2.24) is 15.3 Å². The van der Waals surface area contributed by atoms with Crippen LogP contribution < -0.4 is 14.8 Å². The van der Waals surface area contributed by atoms with Gasteiger partial charge in [-0.1, -0.05) is 43.9 Å². The molecule has 6 heteroatoms. The zero-order valence-electron chi connectivity index (χ0n) is 17.7. The molecule has 1 fully saturated rings. The summed E-state index contributed by atoms with van der Waals surface area (Å²) in [7, 11) is 1.61. The van der Waals surface area contributed by atoms with Crippen LogP contribution in [0, 0.1) is 0 Å². The van der Waals surface area contributed by atoms with Crippen LogP contribution in [-0.4, -0.2) is 29.0 Å². The second-order valence-electron chi connectivity index (χ2n) is 7.78. The third-order valence-electron chi connectivity index (χ3n) is 5.53. The highest BCUT2D eigenvalue weighted by Crippen LogP contribution is 2.25. The first-order valence-corrected chi connectivity index (χ1v) is 10.8. The van der Waals surface area contributed by atoms with Gasteiger partial charge in [-0.05, 0) is 42.7 Å². The van der Waals surface area contributed by atoms with Crippen molar-refractivity contribution in [3.63, 3.8) is 0 Å². The minimum atomic E-state index is -0.0207. The summed E-state index contributed by atoms with van der Waals surface area (Å²) >= 11 is 0. The number of nitrogens with zero attached hydrogens (tertiary/aromatic N) is 2. The quantitative estimate of drug-likeness (QED) is 0.544. The second kappa shape index (κ2) is 10.1. The maximum atomic E-state index is 12.7. The van der Waals surface area contributed by atoms with Crippen molar-refractivity contribution in [2.24, 2.45) is 0 Å². The molecule has 1 aliphatic rings. The van der Waals surface area contributed by atoms with Crippen molar-refractivity contribution in [2.75, 3.05) is 7.11 Å². The fraction of sp³-hybridized carbons (Fsp3) is 0.320. The SMILES string of the molecule is COc1cccc(Oc2ncc(-c3cccc(C(=O)NC4CCCCCC4)c3)cn2)c1. The van der Waals surface area contributed by atoms with Crippen molar-refractivity contribution in [3.8, 4) is 28.6 Å². The number of rotatable bonds is 6. The van der Waals surface area contributed by atoms with Gasteiger partial charge in [-0.25, -0.2) is 9.97 Å². The molecule has 160 valence electrons. The standard InChI is InChI=1S/C25H27N3O3/c1-30-22-12-7-13-23(15-22)31-25-26-16-20(17-27-25)18-8-6-9-19(14-18)24(29)28-21-10-4-2-3-5-11-21/h6-9,12-17,21H,2-5,10-11H2,1H3,(H,28,29). The van der Waals surface area contributed by atoms with Gasteiger partial charge in [0.25, 0.3) is 5.91 Å². The molecule has 3 aromatic rings. The van der Waals surface area contributed by atoms with Gasteiger partial charge in [-0.15, -0.1) is 0 Å². The molecule has 0 unspecified atom stereocenters. The van der Waals surface area contributed by atoms with E-state index in [1.165, 1.54) is 25.7 Å². The number of carbonyl (C=O) groups is 1. The number of ether oxygens (including phenoxy) is 2. The van der Waals surface area contributed by atoms with Crippen LogP contribution in [0.15, 0.2) is 60.9 Å². The molecule has 1 saturated carbocycles. The largest absolute Gasteiger partial charge is 0.497 e. The van der Waals surface area contributed by atoms with Crippen LogP contribution in [0.25, 0.3) is 11.1 Å². The average molecular weight is 418 g/mol. The highest BCUT2D eigenvalue weighted by molar-refractivity contribution is 5.95. The summed E-state index contributed by atoms with van der Waals surface area (Å²) in [6.45, 7) is 0. The summed E-state index contributed by atoms with van der Waals surface area (Å²) < 4.78 is 10.9. The lowest BCUT2D eigenvalue weighted by atomic mass is 10.0. The number of nitrogens with one attached hydrogen (secondary N) is 1. The first-order chi connectivity index (χ1) is 15.2. The molecule has 0 bridgehead atoms. The van der Waals surface area contributed by atoms with Gasteiger partial charge in [0, 0.05) is 35.6 Å². The van der Waals surface area contributed by atoms with E-state index in [1.54, 1.807) is 25.6 Å². The van der Waals surface area contributed by atoms with E-state index in [-0.39, 0.29) is 18.0 Å². The first kappa shape index (κ1) is 20.8. The third-order valence-corrected chi connectivity index (χ3v) is 5.53. The zero-order chi connectivity index (χ0) is 21.5. The van der Waals surface area contributed by atoms with Gasteiger partial charge in [0.15, 0.2) is 0 Å². The molecule has 6 nitrogen and oxygen atoms in total. The smallest absolute Gasteiger partial charge is 0.321 e. The molecule has 2 aromatic carbocycles. The van der Waals surface area contributed by atoms with E-state index < -0.39 is 0 Å². The van der Waals surface area contributed by atoms with E-state index in [0.717, 1.165) is 24.0 Å². The summed E-state index contributed by atoms with van der Waals surface area (Å²) in [5.74, 6) is 1.28. The number of benzene rings is 2. The zero-order valence-corrected chi connectivity index (χ0v) is 17.7. The molecule has 0 atom stereocenters. The Hall–Kier alpha value is -3.41. The summed E-state index contributed by atoms with van der Waals surface area (Å²) in [6, 6.07) is 15.4. The monoisotopic (exact) mass is 417 g/mol. The Balaban J connectivity index is 1.44. The lowest BCUT2D eigenvalue weighted by Crippen LogP contribution is -2.34. The van der Waals surface area contributed by atoms with E-state index in [4.69, 9.17) is 9.47 Å². The molecular weight excluding hydrogens is 390 g/mol. The number of amides is 1. The number of aromatic nitrogens is 2. The Morgan fingerprint density at radius 1 is 0.903 bits per heavy atom. The number of methoxy groups -OCH3 is 1. The summed E-state index contributed by atoms with van der Waals surface area (Å²) in [5.41, 5.74) is 2.36. The molecule has 4 rings (SSSR count). The molecule has 0 radical (unpaired) electrons. The molecule has 0 aliphatic heterocycles. The third kappa shape index (κ3) is 5.60. The first-order valence-electron chi connectivity index (χ1n) is 10.8. The second-order valence-corrected chi connectivity index (χ2v) is 7.78. The van der Waals surface area contributed by atoms with E-state index in [2.05, 4.69) is 15.3 Å². The average Bonchev–Trinajstić information content (AvgIpc) is 3.08. The number of hydrogen-bond acceptors (Lipinski definition) is 5. The Bertz CT molecular complexity index is 1010. The minimum Gasteiger partial charge on any atom is -0.497 e. The predicted octanol–water partition coefficient (Wildman–Crippen LogP) is 5.40. The fourth-order valence-corrected chi connectivity index (χ4v) is 3.82. The summed E-state index contributed by atoms with van der Waals surface area (Å²) in [5, 5.41) is 3.20. The van der Waals surface area contributed by atoms with Crippen LogP contribution in [0.3, 0.4) is 0 Å². The Kier molecular flexibility index (Phi) is 6.77. The lowest BCUT2D eigenvalue weighted by Gasteiger charge is -2.16. The number of carbonyl (C=O) groups excluding carboxylic acids is 1. The molecule has 0 spiro atoms. The summed E-state index contributed by atoms with van der Waals surface area (Å²) in [4.78, 5) is 21.4. The highest BCUT2D eigenvalue weighted by atomic mass is 16.5. The molecule has 0 saturated heterocycles. The van der Waals surface area contributed by atoms with Gasteiger partial charge in [-0.3, -0.25) is 4.79 Å². The van der Waals surface area contributed by atoms with Crippen LogP contribution in [0.1, 0.15) is 48.9 Å². The van der Waals surface area contributed by atoms with Crippen molar-refractivity contribution < 1.29 is 14.3 Å². The van der Waals surface area contributed by atoms with E-state index in [9.17, 15) is 4.79 Å². The molecule has 1 N–H and O–H groups in total. The van der Waals surface area contributed by atoms with Crippen LogP contribution >= 0.6 is 0 Å². The van der Waals surface area contributed by atoms with Crippen molar-refractivity contribution >= 4 is 5.91 Å². The van der Waals surface area contributed by atoms with Crippen LogP contribution in [0.2, 0.25) is 0 Å². The molecule has 1 aliphatic carbocycles. The van der Waals surface area contributed by atoms with Crippen molar-refractivity contribution in [1.29, 1.82) is 0 Å². The Morgan fingerprint density at radius 3 is 2.35 bits per heavy atom. The van der Waals surface area contributed by atoms with Crippen molar-refractivity contribution in [3.05, 3.63) is 66.5 Å². The van der Waals surface area contributed by atoms with E-state index >= 15 is 0 Å². The molecule has 1 aromatic heterocycles. The summed E-state index contributed by atoms with van der Waals surface area (Å²) in [6.07, 6.45) is 10.4. The lowest BCUT2D eigenvalue weighted by molar-refractivity contribution is 0.0933. The Morgan fingerprint density at radius 2 is 1.61 bits per heavy atom. The van der Waals surface area contributed by atoms with Gasteiger partial charge >= 0.3 is 6.01 Å². The minimum absolute atomic E-state index is 0.0207. The van der Waals surface area contributed by atoms with E-state index in [0.29, 0.717) is 17.1 Å². The van der Waals surface area contributed by atoms with Gasteiger partial charge in [-0.2, -0.15) is 0 Å². The van der Waals surface area contributed by atoms with Gasteiger partial charge in [0.05, 0.1) is 7.11 Å². The highest BCUT2D eigenvalue weighted by Gasteiger charge is 2.16. The van der Waals surface area contributed by atoms with Gasteiger partial charge in [0.2, 0.25) is 0 Å². The van der Waals surface area contributed by atoms with Crippen molar-refractivity contribution in [2.45, 2.75) is 44.6 Å². The normalized spacial score (nSPS) is 14.5. The predicted molar refractivity (Wildman–Crippen MR) is 119 cm³/mol. The maximum absolute atomic E-state index is 12.7. The van der Waals surface area contributed by atoms with E-state index in [1.807, 2.05) is 42.5 Å². The Labute approximate surface area is 182 Å². The number of hydrogen-bond donors (Lipinski definition) is 1. The van der Waals surface area contributed by atoms with Crippen LogP contribution in [0.4, 0.5) is 0 Å². The topological polar surface area (TPSA) is 73.3 Å².